The fourth-order valence-electron chi connectivity index (χ4n) is 8.84. The number of para-hydroxylation sites is 4. The summed E-state index contributed by atoms with van der Waals surface area (Å²) < 4.78 is 20.6. The zero-order chi connectivity index (χ0) is 43.8. The molecule has 0 radical (unpaired) electrons. The molecular formula is C54H40N10O2Pt2-4. The van der Waals surface area contributed by atoms with Crippen molar-refractivity contribution in [2.75, 3.05) is 36.0 Å². The zero-order valence-corrected chi connectivity index (χ0v) is 41.0. The van der Waals surface area contributed by atoms with Crippen molar-refractivity contribution in [3.8, 4) is 57.1 Å². The second-order valence-electron chi connectivity index (χ2n) is 16.3. The predicted molar refractivity (Wildman–Crippen MR) is 249 cm³/mol. The van der Waals surface area contributed by atoms with Crippen molar-refractivity contribution in [3.05, 3.63) is 183 Å². The molecule has 2 aliphatic heterocycles. The molecule has 2 aliphatic rings. The van der Waals surface area contributed by atoms with Crippen LogP contribution in [0.3, 0.4) is 0 Å². The van der Waals surface area contributed by atoms with E-state index < -0.39 is 0 Å². The largest absolute Gasteiger partial charge is 0.509 e. The van der Waals surface area contributed by atoms with Crippen LogP contribution < -0.4 is 28.4 Å². The Balaban J connectivity index is 0.00000269. The van der Waals surface area contributed by atoms with Crippen LogP contribution in [0.4, 0.5) is 11.4 Å². The molecule has 0 N–H and O–H groups in total. The molecule has 8 heterocycles. The van der Waals surface area contributed by atoms with E-state index in [4.69, 9.17) is 9.47 Å². The maximum atomic E-state index is 6.29. The number of rotatable bonds is 11. The van der Waals surface area contributed by atoms with Crippen molar-refractivity contribution < 1.29 is 60.7 Å². The molecule has 0 aliphatic carbocycles. The van der Waals surface area contributed by atoms with Crippen molar-refractivity contribution in [2.45, 2.75) is 25.7 Å². The van der Waals surface area contributed by atoms with Gasteiger partial charge >= 0.3 is 0 Å². The number of anilines is 2. The van der Waals surface area contributed by atoms with Gasteiger partial charge in [-0.25, -0.2) is 0 Å². The fraction of sp³-hybridized carbons (Fsp3) is 0.148. The standard InChI is InChI=1S/C54H40N10O2.2Pt/c1-3-11-53-51(9-1)61(41-17-13-39(14-18-41)59-25-5-6-26-59)37-63(53)43-29-47(35-55-33-43)65-45-21-23-57-49(31-45)50-32-46(22-24-58-50)66-48-30-44(34-56-36-48)64-38-62(52-10-2-4-12-54(52)64)42-19-15-40(16-20-42)60-27-7-8-28-60;;/h1-4,9-24,33-36H,5-8,25-28H2;;/q-4;;. The molecule has 0 saturated carbocycles. The van der Waals surface area contributed by atoms with Crippen LogP contribution in [0.2, 0.25) is 0 Å². The van der Waals surface area contributed by atoms with E-state index in [-0.39, 0.29) is 42.1 Å². The van der Waals surface area contributed by atoms with Crippen LogP contribution in [0.1, 0.15) is 25.7 Å². The molecule has 68 heavy (non-hydrogen) atoms. The van der Waals surface area contributed by atoms with Gasteiger partial charge in [-0.1, -0.05) is 60.9 Å². The number of nitrogens with zero attached hydrogens (tertiary/aromatic N) is 10. The molecule has 2 fully saturated rings. The maximum Gasteiger partial charge on any atom is 0.268 e. The smallest absolute Gasteiger partial charge is 0.268 e. The molecule has 0 unspecified atom stereocenters. The normalized spacial score (nSPS) is 13.4. The average molecular weight is 1250 g/mol. The monoisotopic (exact) mass is 1250 g/mol. The summed E-state index contributed by atoms with van der Waals surface area (Å²) in [5.74, 6) is 1.62. The van der Waals surface area contributed by atoms with Crippen molar-refractivity contribution >= 4 is 33.4 Å². The number of hydrogen-bond acceptors (Lipinski definition) is 8. The number of imidazole rings is 2. The van der Waals surface area contributed by atoms with E-state index in [2.05, 4.69) is 149 Å². The number of benzene rings is 4. The summed E-state index contributed by atoms with van der Waals surface area (Å²) in [7, 11) is 0. The van der Waals surface area contributed by atoms with Crippen LogP contribution in [-0.4, -0.2) is 55.2 Å². The minimum absolute atomic E-state index is 0. The molecular weight excluding hydrogens is 1210 g/mol. The van der Waals surface area contributed by atoms with E-state index in [0.29, 0.717) is 45.8 Å². The first-order valence-corrected chi connectivity index (χ1v) is 22.2. The van der Waals surface area contributed by atoms with Gasteiger partial charge in [-0.15, -0.1) is 35.7 Å². The van der Waals surface area contributed by atoms with Gasteiger partial charge < -0.3 is 48.3 Å². The third-order valence-electron chi connectivity index (χ3n) is 12.1. The quantitative estimate of drug-likeness (QED) is 0.0937. The van der Waals surface area contributed by atoms with Gasteiger partial charge in [0.15, 0.2) is 0 Å². The SMILES string of the molecule is [Pt].[Pt].[c-]1c(Oc2[c-]c(-c3[c-]c(Oc4[c-]c(-[n+]5[c-]n(-c6ccc(N7CCCC7)cc6)c6ccccc65)cnc4)ccn3)ncc2)cncc1-[n+]1[c-]n(-c2ccc(N3CCCC3)cc2)c2ccccc21. The van der Waals surface area contributed by atoms with Crippen molar-refractivity contribution in [2.24, 2.45) is 0 Å². The van der Waals surface area contributed by atoms with Crippen molar-refractivity contribution in [3.63, 3.8) is 0 Å². The minimum atomic E-state index is 0. The molecule has 0 bridgehead atoms. The van der Waals surface area contributed by atoms with Gasteiger partial charge in [0.1, 0.15) is 0 Å². The molecule has 2 saturated heterocycles. The molecule has 0 amide bonds. The van der Waals surface area contributed by atoms with Crippen LogP contribution in [0, 0.1) is 36.9 Å². The Morgan fingerprint density at radius 1 is 0.426 bits per heavy atom. The van der Waals surface area contributed by atoms with E-state index in [0.717, 1.165) is 59.6 Å². The van der Waals surface area contributed by atoms with E-state index in [1.165, 1.54) is 37.1 Å². The molecule has 0 spiro atoms. The van der Waals surface area contributed by atoms with Gasteiger partial charge in [-0.2, -0.15) is 12.1 Å². The summed E-state index contributed by atoms with van der Waals surface area (Å²) in [6.45, 7) is 4.41. The van der Waals surface area contributed by atoms with Gasteiger partial charge in [0.2, 0.25) is 0 Å². The van der Waals surface area contributed by atoms with E-state index in [9.17, 15) is 0 Å². The van der Waals surface area contributed by atoms with E-state index in [1.54, 1.807) is 49.3 Å². The van der Waals surface area contributed by atoms with Gasteiger partial charge in [-0.3, -0.25) is 9.13 Å². The first-order valence-electron chi connectivity index (χ1n) is 22.2. The Morgan fingerprint density at radius 2 is 0.824 bits per heavy atom. The average Bonchev–Trinajstić information content (AvgIpc) is 4.22. The summed E-state index contributed by atoms with van der Waals surface area (Å²) in [4.78, 5) is 23.0. The summed E-state index contributed by atoms with van der Waals surface area (Å²) in [5.41, 5.74) is 10.6. The molecule has 6 aromatic heterocycles. The van der Waals surface area contributed by atoms with Gasteiger partial charge in [-0.05, 0) is 110 Å². The van der Waals surface area contributed by atoms with Crippen LogP contribution in [0.15, 0.2) is 146 Å². The van der Waals surface area contributed by atoms with Crippen LogP contribution >= 0.6 is 0 Å². The molecule has 10 aromatic rings. The molecule has 4 aromatic carbocycles. The third kappa shape index (κ3) is 8.94. The molecule has 12 nitrogen and oxygen atoms in total. The van der Waals surface area contributed by atoms with Gasteiger partial charge in [0.25, 0.3) is 12.7 Å². The second-order valence-corrected chi connectivity index (χ2v) is 16.3. The van der Waals surface area contributed by atoms with Crippen LogP contribution in [-0.2, 0) is 42.1 Å². The van der Waals surface area contributed by atoms with Crippen LogP contribution in [0.25, 0.3) is 56.2 Å². The molecule has 342 valence electrons. The summed E-state index contributed by atoms with van der Waals surface area (Å²) >= 11 is 0. The summed E-state index contributed by atoms with van der Waals surface area (Å²) in [6.07, 6.45) is 22.0. The maximum absolute atomic E-state index is 6.29. The Kier molecular flexibility index (Phi) is 13.0. The summed E-state index contributed by atoms with van der Waals surface area (Å²) in [5, 5.41) is 0. The Hall–Kier alpha value is -7.00. The minimum Gasteiger partial charge on any atom is -0.509 e. The Morgan fingerprint density at radius 3 is 1.25 bits per heavy atom. The molecule has 14 heteroatoms. The van der Waals surface area contributed by atoms with Crippen molar-refractivity contribution in [1.29, 1.82) is 0 Å². The second kappa shape index (κ2) is 19.7. The van der Waals surface area contributed by atoms with E-state index >= 15 is 0 Å². The van der Waals surface area contributed by atoms with Crippen LogP contribution in [0.5, 0.6) is 23.0 Å². The van der Waals surface area contributed by atoms with Gasteiger partial charge in [0.05, 0.1) is 33.4 Å². The first-order chi connectivity index (χ1) is 32.7. The van der Waals surface area contributed by atoms with E-state index in [1.807, 2.05) is 33.4 Å². The molecule has 0 atom stereocenters. The zero-order valence-electron chi connectivity index (χ0n) is 36.4. The summed E-state index contributed by atoms with van der Waals surface area (Å²) in [6, 6.07) is 50.4. The first kappa shape index (κ1) is 44.8. The predicted octanol–water partition coefficient (Wildman–Crippen LogP) is 8.96. The van der Waals surface area contributed by atoms with Gasteiger partial charge in [0, 0.05) is 103 Å². The Bertz CT molecular complexity index is 3140. The number of pyridine rings is 4. The number of hydrogen-bond donors (Lipinski definition) is 0. The Labute approximate surface area is 422 Å². The third-order valence-corrected chi connectivity index (χ3v) is 12.1. The molecule has 12 rings (SSSR count). The topological polar surface area (TPSA) is 94.1 Å². The number of fused-ring (bicyclic) bond motifs is 2. The van der Waals surface area contributed by atoms with Crippen molar-refractivity contribution in [1.82, 2.24) is 29.1 Å². The fourth-order valence-corrected chi connectivity index (χ4v) is 8.84. The number of aromatic nitrogens is 8. The number of ether oxygens (including phenoxy) is 2.